The van der Waals surface area contributed by atoms with Crippen molar-refractivity contribution < 1.29 is 14.7 Å². The van der Waals surface area contributed by atoms with E-state index < -0.39 is 5.97 Å². The average molecular weight is 395 g/mol. The molecule has 3 N–H and O–H groups in total. The molecule has 144 valence electrons. The van der Waals surface area contributed by atoms with Crippen LogP contribution in [0.2, 0.25) is 0 Å². The lowest BCUT2D eigenvalue weighted by atomic mass is 9.89. The zero-order chi connectivity index (χ0) is 19.8. The molecule has 0 radical (unpaired) electrons. The van der Waals surface area contributed by atoms with Crippen molar-refractivity contribution in [3.8, 4) is 0 Å². The molecule has 1 aliphatic heterocycles. The van der Waals surface area contributed by atoms with Crippen LogP contribution < -0.4 is 5.73 Å². The quantitative estimate of drug-likeness (QED) is 0.701. The highest BCUT2D eigenvalue weighted by Gasteiger charge is 2.26. The molecule has 1 atom stereocenters. The first-order valence-corrected chi connectivity index (χ1v) is 10.0. The Morgan fingerprint density at radius 1 is 1.25 bits per heavy atom. The van der Waals surface area contributed by atoms with Gasteiger partial charge in [0.05, 0.1) is 15.8 Å². The Morgan fingerprint density at radius 2 is 2.07 bits per heavy atom. The van der Waals surface area contributed by atoms with Gasteiger partial charge in [0, 0.05) is 24.6 Å². The maximum atomic E-state index is 13.1. The minimum absolute atomic E-state index is 0.00365. The van der Waals surface area contributed by atoms with Crippen molar-refractivity contribution >= 4 is 38.6 Å². The number of piperidine rings is 1. The highest BCUT2D eigenvalue weighted by atomic mass is 32.1. The predicted molar refractivity (Wildman–Crippen MR) is 110 cm³/mol. The molecule has 28 heavy (non-hydrogen) atoms. The number of hydrogen-bond donors (Lipinski definition) is 2. The van der Waals surface area contributed by atoms with Crippen molar-refractivity contribution in [1.29, 1.82) is 0 Å². The van der Waals surface area contributed by atoms with Gasteiger partial charge in [0.15, 0.2) is 5.13 Å². The molecule has 3 aromatic rings. The number of thiazole rings is 1. The number of anilines is 1. The van der Waals surface area contributed by atoms with E-state index in [2.05, 4.69) is 4.98 Å². The summed E-state index contributed by atoms with van der Waals surface area (Å²) in [5.41, 5.74) is 9.50. The molecule has 0 bridgehead atoms. The van der Waals surface area contributed by atoms with Gasteiger partial charge in [-0.3, -0.25) is 4.79 Å². The smallest absolute Gasteiger partial charge is 0.335 e. The second-order valence-corrected chi connectivity index (χ2v) is 8.28. The molecule has 6 nitrogen and oxygen atoms in total. The van der Waals surface area contributed by atoms with Gasteiger partial charge in [-0.15, -0.1) is 0 Å². The Hall–Kier alpha value is -2.93. The monoisotopic (exact) mass is 395 g/mol. The van der Waals surface area contributed by atoms with E-state index in [-0.39, 0.29) is 17.4 Å². The number of nitrogen functional groups attached to an aromatic ring is 1. The van der Waals surface area contributed by atoms with Crippen LogP contribution in [0.4, 0.5) is 5.13 Å². The molecule has 1 fully saturated rings. The van der Waals surface area contributed by atoms with Gasteiger partial charge in [-0.2, -0.15) is 0 Å². The van der Waals surface area contributed by atoms with Gasteiger partial charge >= 0.3 is 5.97 Å². The summed E-state index contributed by atoms with van der Waals surface area (Å²) in [5.74, 6) is -0.796. The summed E-state index contributed by atoms with van der Waals surface area (Å²) >= 11 is 1.39. The van der Waals surface area contributed by atoms with Crippen LogP contribution >= 0.6 is 11.3 Å². The van der Waals surface area contributed by atoms with Gasteiger partial charge in [-0.25, -0.2) is 9.78 Å². The van der Waals surface area contributed by atoms with Crippen molar-refractivity contribution in [2.45, 2.75) is 25.7 Å². The summed E-state index contributed by atoms with van der Waals surface area (Å²) in [6.45, 7) is 3.23. The third-order valence-corrected chi connectivity index (χ3v) is 6.09. The molecule has 7 heteroatoms. The summed E-state index contributed by atoms with van der Waals surface area (Å²) in [5, 5.41) is 9.73. The van der Waals surface area contributed by atoms with E-state index in [1.54, 1.807) is 18.2 Å². The molecule has 0 spiro atoms. The maximum absolute atomic E-state index is 13.1. The standard InChI is InChI=1S/C21H21N3O3S/c1-12-8-16(10-17-18(12)23-21(22)28-17)19(25)24-7-3-6-15(11-24)13-4-2-5-14(9-13)20(26)27/h2,4-5,8-10,15H,3,6-7,11H2,1H3,(H2,22,23)(H,26,27)/t15-/m1/s1. The highest BCUT2D eigenvalue weighted by Crippen LogP contribution is 2.31. The van der Waals surface area contributed by atoms with Crippen LogP contribution in [-0.2, 0) is 0 Å². The number of amides is 1. The number of nitrogens with zero attached hydrogens (tertiary/aromatic N) is 2. The SMILES string of the molecule is Cc1cc(C(=O)N2CCC[C@@H](c3cccc(C(=O)O)c3)C2)cc2sc(N)nc12. The van der Waals surface area contributed by atoms with E-state index in [1.807, 2.05) is 30.0 Å². The molecule has 0 aliphatic carbocycles. The van der Waals surface area contributed by atoms with Gasteiger partial charge in [-0.05, 0) is 55.2 Å². The van der Waals surface area contributed by atoms with Crippen molar-refractivity contribution in [3.63, 3.8) is 0 Å². The summed E-state index contributed by atoms with van der Waals surface area (Å²) in [6.07, 6.45) is 1.83. The summed E-state index contributed by atoms with van der Waals surface area (Å²) in [7, 11) is 0. The van der Waals surface area contributed by atoms with Crippen molar-refractivity contribution in [2.75, 3.05) is 18.8 Å². The molecule has 2 heterocycles. The highest BCUT2D eigenvalue weighted by molar-refractivity contribution is 7.22. The zero-order valence-electron chi connectivity index (χ0n) is 15.5. The van der Waals surface area contributed by atoms with Crippen LogP contribution in [0.1, 0.15) is 50.6 Å². The summed E-state index contributed by atoms with van der Waals surface area (Å²) < 4.78 is 0.920. The zero-order valence-corrected chi connectivity index (χ0v) is 16.3. The van der Waals surface area contributed by atoms with Crippen molar-refractivity contribution in [3.05, 3.63) is 58.7 Å². The van der Waals surface area contributed by atoms with Crippen LogP contribution in [0, 0.1) is 6.92 Å². The van der Waals surface area contributed by atoms with E-state index in [0.717, 1.165) is 34.2 Å². The second-order valence-electron chi connectivity index (χ2n) is 7.21. The molecule has 1 amide bonds. The van der Waals surface area contributed by atoms with E-state index in [1.165, 1.54) is 11.3 Å². The Balaban J connectivity index is 1.58. The number of likely N-dealkylation sites (tertiary alicyclic amines) is 1. The predicted octanol–water partition coefficient (Wildman–Crippen LogP) is 3.90. The Kier molecular flexibility index (Phi) is 4.77. The Labute approximate surface area is 166 Å². The number of aryl methyl sites for hydroxylation is 1. The molecule has 1 aliphatic rings. The Bertz CT molecular complexity index is 1080. The van der Waals surface area contributed by atoms with Gasteiger partial charge in [0.25, 0.3) is 5.91 Å². The van der Waals surface area contributed by atoms with Gasteiger partial charge in [0.2, 0.25) is 0 Å². The number of nitrogens with two attached hydrogens (primary N) is 1. The maximum Gasteiger partial charge on any atom is 0.335 e. The molecular formula is C21H21N3O3S. The molecular weight excluding hydrogens is 374 g/mol. The molecule has 0 unspecified atom stereocenters. The third kappa shape index (κ3) is 3.45. The third-order valence-electron chi connectivity index (χ3n) is 5.26. The number of hydrogen-bond acceptors (Lipinski definition) is 5. The lowest BCUT2D eigenvalue weighted by Gasteiger charge is -2.33. The topological polar surface area (TPSA) is 96.5 Å². The number of rotatable bonds is 3. The van der Waals surface area contributed by atoms with Crippen molar-refractivity contribution in [1.82, 2.24) is 9.88 Å². The first-order chi connectivity index (χ1) is 13.4. The number of carboxylic acid groups (broad SMARTS) is 1. The molecule has 0 saturated carbocycles. The Morgan fingerprint density at radius 3 is 2.86 bits per heavy atom. The normalized spacial score (nSPS) is 17.0. The number of aromatic carboxylic acids is 1. The fourth-order valence-corrected chi connectivity index (χ4v) is 4.73. The van der Waals surface area contributed by atoms with Crippen LogP contribution in [-0.4, -0.2) is 40.0 Å². The second kappa shape index (κ2) is 7.24. The number of aromatic nitrogens is 1. The van der Waals surface area contributed by atoms with Gasteiger partial charge < -0.3 is 15.7 Å². The van der Waals surface area contributed by atoms with Gasteiger partial charge in [0.1, 0.15) is 0 Å². The number of benzene rings is 2. The molecule has 2 aromatic carbocycles. The van der Waals surface area contributed by atoms with Gasteiger partial charge in [-0.1, -0.05) is 23.5 Å². The van der Waals surface area contributed by atoms with E-state index in [4.69, 9.17) is 5.73 Å². The molecule has 1 aromatic heterocycles. The molecule has 1 saturated heterocycles. The first kappa shape index (κ1) is 18.4. The van der Waals surface area contributed by atoms with Crippen LogP contribution in [0.15, 0.2) is 36.4 Å². The number of fused-ring (bicyclic) bond motifs is 1. The minimum atomic E-state index is -0.932. The van der Waals surface area contributed by atoms with E-state index in [9.17, 15) is 14.7 Å². The lowest BCUT2D eigenvalue weighted by Crippen LogP contribution is -2.39. The summed E-state index contributed by atoms with van der Waals surface area (Å²) in [6, 6.07) is 10.8. The van der Waals surface area contributed by atoms with Crippen LogP contribution in [0.3, 0.4) is 0 Å². The van der Waals surface area contributed by atoms with Crippen LogP contribution in [0.25, 0.3) is 10.2 Å². The van der Waals surface area contributed by atoms with Crippen LogP contribution in [0.5, 0.6) is 0 Å². The number of carbonyl (C=O) groups excluding carboxylic acids is 1. The number of carbonyl (C=O) groups is 2. The number of carboxylic acids is 1. The fraction of sp³-hybridized carbons (Fsp3) is 0.286. The fourth-order valence-electron chi connectivity index (χ4n) is 3.88. The minimum Gasteiger partial charge on any atom is -0.478 e. The van der Waals surface area contributed by atoms with E-state index in [0.29, 0.717) is 23.8 Å². The first-order valence-electron chi connectivity index (χ1n) is 9.21. The summed E-state index contributed by atoms with van der Waals surface area (Å²) in [4.78, 5) is 30.6. The molecule has 4 rings (SSSR count). The largest absolute Gasteiger partial charge is 0.478 e. The average Bonchev–Trinajstić information content (AvgIpc) is 3.08. The van der Waals surface area contributed by atoms with E-state index >= 15 is 0 Å². The lowest BCUT2D eigenvalue weighted by molar-refractivity contribution is 0.0688. The van der Waals surface area contributed by atoms with Crippen molar-refractivity contribution in [2.24, 2.45) is 0 Å².